The molecule has 0 fully saturated rings. The van der Waals surface area contributed by atoms with Gasteiger partial charge in [0.25, 0.3) is 5.56 Å². The van der Waals surface area contributed by atoms with E-state index in [-0.39, 0.29) is 5.56 Å². The molecule has 0 spiro atoms. The Morgan fingerprint density at radius 2 is 1.59 bits per heavy atom. The first-order chi connectivity index (χ1) is 18.1. The Kier molecular flexibility index (Phi) is 7.14. The fourth-order valence-electron chi connectivity index (χ4n) is 3.71. The summed E-state index contributed by atoms with van der Waals surface area (Å²) in [6.45, 7) is 0. The zero-order valence-corrected chi connectivity index (χ0v) is 21.1. The number of fused-ring (bicyclic) bond motifs is 1. The molecule has 37 heavy (non-hydrogen) atoms. The number of para-hydroxylation sites is 1. The highest BCUT2D eigenvalue weighted by molar-refractivity contribution is 9.10. The molecule has 1 aromatic heterocycles. The van der Waals surface area contributed by atoms with Crippen molar-refractivity contribution in [3.63, 3.8) is 0 Å². The summed E-state index contributed by atoms with van der Waals surface area (Å²) in [6, 6.07) is 31.2. The SMILES string of the molecule is O=C(/C=C/c1ccccc1)Oc1ccc(Br)cc1C=Nn1c(-c2ccccc2)nc2ccccc2c1=O. The van der Waals surface area contributed by atoms with E-state index in [0.717, 1.165) is 15.6 Å². The van der Waals surface area contributed by atoms with E-state index < -0.39 is 5.97 Å². The minimum absolute atomic E-state index is 0.303. The summed E-state index contributed by atoms with van der Waals surface area (Å²) in [7, 11) is 0. The van der Waals surface area contributed by atoms with Gasteiger partial charge in [-0.3, -0.25) is 4.79 Å². The third kappa shape index (κ3) is 5.63. The molecule has 0 N–H and O–H groups in total. The van der Waals surface area contributed by atoms with Crippen LogP contribution in [0.15, 0.2) is 124 Å². The van der Waals surface area contributed by atoms with Crippen molar-refractivity contribution in [2.45, 2.75) is 0 Å². The molecular weight excluding hydrogens is 530 g/mol. The van der Waals surface area contributed by atoms with Crippen molar-refractivity contribution in [3.05, 3.63) is 135 Å². The van der Waals surface area contributed by atoms with Gasteiger partial charge in [0, 0.05) is 21.7 Å². The van der Waals surface area contributed by atoms with Gasteiger partial charge in [-0.15, -0.1) is 0 Å². The fourth-order valence-corrected chi connectivity index (χ4v) is 4.09. The van der Waals surface area contributed by atoms with Gasteiger partial charge in [0.05, 0.1) is 17.1 Å². The van der Waals surface area contributed by atoms with Gasteiger partial charge in [-0.05, 0) is 42.0 Å². The number of carbonyl (C=O) groups is 1. The highest BCUT2D eigenvalue weighted by Crippen LogP contribution is 2.23. The maximum absolute atomic E-state index is 13.4. The average Bonchev–Trinajstić information content (AvgIpc) is 2.93. The summed E-state index contributed by atoms with van der Waals surface area (Å²) < 4.78 is 7.61. The van der Waals surface area contributed by atoms with E-state index in [9.17, 15) is 9.59 Å². The Morgan fingerprint density at radius 3 is 2.38 bits per heavy atom. The highest BCUT2D eigenvalue weighted by Gasteiger charge is 2.13. The van der Waals surface area contributed by atoms with Crippen molar-refractivity contribution in [1.82, 2.24) is 9.66 Å². The van der Waals surface area contributed by atoms with Crippen LogP contribution in [0, 0.1) is 0 Å². The number of esters is 1. The van der Waals surface area contributed by atoms with Gasteiger partial charge < -0.3 is 4.74 Å². The maximum Gasteiger partial charge on any atom is 0.336 e. The lowest BCUT2D eigenvalue weighted by Crippen LogP contribution is -2.20. The van der Waals surface area contributed by atoms with Gasteiger partial charge in [-0.2, -0.15) is 9.78 Å². The number of hydrogen-bond donors (Lipinski definition) is 0. The van der Waals surface area contributed by atoms with Crippen LogP contribution in [0.4, 0.5) is 0 Å². The summed E-state index contributed by atoms with van der Waals surface area (Å²) in [4.78, 5) is 30.6. The van der Waals surface area contributed by atoms with Crippen LogP contribution >= 0.6 is 15.9 Å². The van der Waals surface area contributed by atoms with Crippen molar-refractivity contribution in [2.75, 3.05) is 0 Å². The van der Waals surface area contributed by atoms with Crippen molar-refractivity contribution < 1.29 is 9.53 Å². The topological polar surface area (TPSA) is 73.5 Å². The molecule has 0 aliphatic rings. The predicted molar refractivity (Wildman–Crippen MR) is 150 cm³/mol. The number of nitrogens with zero attached hydrogens (tertiary/aromatic N) is 3. The minimum atomic E-state index is -0.532. The van der Waals surface area contributed by atoms with Crippen molar-refractivity contribution >= 4 is 45.1 Å². The second kappa shape index (κ2) is 11.0. The number of aromatic nitrogens is 2. The van der Waals surface area contributed by atoms with Crippen LogP contribution in [0.25, 0.3) is 28.4 Å². The largest absolute Gasteiger partial charge is 0.423 e. The molecule has 0 amide bonds. The lowest BCUT2D eigenvalue weighted by atomic mass is 10.2. The summed E-state index contributed by atoms with van der Waals surface area (Å²) in [5, 5.41) is 4.94. The third-order valence-corrected chi connectivity index (χ3v) is 5.99. The molecule has 0 atom stereocenters. The molecule has 0 saturated carbocycles. The van der Waals surface area contributed by atoms with Gasteiger partial charge in [-0.25, -0.2) is 9.78 Å². The van der Waals surface area contributed by atoms with Crippen LogP contribution in [-0.2, 0) is 4.79 Å². The van der Waals surface area contributed by atoms with E-state index in [2.05, 4.69) is 21.0 Å². The van der Waals surface area contributed by atoms with E-state index in [4.69, 9.17) is 9.72 Å². The van der Waals surface area contributed by atoms with Gasteiger partial charge in [-0.1, -0.05) is 88.7 Å². The fraction of sp³-hybridized carbons (Fsp3) is 0. The molecule has 6 nitrogen and oxygen atoms in total. The maximum atomic E-state index is 13.4. The molecule has 0 aliphatic carbocycles. The predicted octanol–water partition coefficient (Wildman–Crippen LogP) is 6.33. The van der Waals surface area contributed by atoms with Crippen molar-refractivity contribution in [3.8, 4) is 17.1 Å². The molecular formula is C30H20BrN3O3. The van der Waals surface area contributed by atoms with E-state index in [1.165, 1.54) is 17.0 Å². The lowest BCUT2D eigenvalue weighted by molar-refractivity contribution is -0.128. The second-order valence-electron chi connectivity index (χ2n) is 8.03. The molecule has 5 rings (SSSR count). The van der Waals surface area contributed by atoms with Crippen molar-refractivity contribution in [2.24, 2.45) is 5.10 Å². The van der Waals surface area contributed by atoms with Gasteiger partial charge in [0.1, 0.15) is 5.75 Å². The normalized spacial score (nSPS) is 11.4. The van der Waals surface area contributed by atoms with Gasteiger partial charge >= 0.3 is 5.97 Å². The zero-order chi connectivity index (χ0) is 25.6. The minimum Gasteiger partial charge on any atom is -0.423 e. The van der Waals surface area contributed by atoms with E-state index >= 15 is 0 Å². The molecule has 1 heterocycles. The van der Waals surface area contributed by atoms with Gasteiger partial charge in [0.2, 0.25) is 0 Å². The summed E-state index contributed by atoms with van der Waals surface area (Å²) in [5.74, 6) is 0.174. The van der Waals surface area contributed by atoms with Crippen LogP contribution in [0.3, 0.4) is 0 Å². The van der Waals surface area contributed by atoms with E-state index in [0.29, 0.717) is 28.0 Å². The third-order valence-electron chi connectivity index (χ3n) is 5.49. The number of hydrogen-bond acceptors (Lipinski definition) is 5. The molecule has 0 aliphatic heterocycles. The smallest absolute Gasteiger partial charge is 0.336 e. The highest BCUT2D eigenvalue weighted by atomic mass is 79.9. The Labute approximate surface area is 221 Å². The Balaban J connectivity index is 1.52. The van der Waals surface area contributed by atoms with Crippen LogP contribution in [-0.4, -0.2) is 21.8 Å². The standard InChI is InChI=1S/C30H20BrN3O3/c31-24-16-17-27(37-28(35)18-15-21-9-3-1-4-10-21)23(19-24)20-32-34-29(22-11-5-2-6-12-22)33-26-14-8-7-13-25(26)30(34)36/h1-20H/b18-15+,32-20?. The summed E-state index contributed by atoms with van der Waals surface area (Å²) in [5.41, 5.74) is 2.41. The average molecular weight is 550 g/mol. The van der Waals surface area contributed by atoms with Crippen LogP contribution in [0.5, 0.6) is 5.75 Å². The summed E-state index contributed by atoms with van der Waals surface area (Å²) in [6.07, 6.45) is 4.53. The molecule has 4 aromatic carbocycles. The first-order valence-electron chi connectivity index (χ1n) is 11.4. The number of halogens is 1. The van der Waals surface area contributed by atoms with Crippen LogP contribution < -0.4 is 10.3 Å². The molecule has 0 saturated heterocycles. The van der Waals surface area contributed by atoms with E-state index in [1.807, 2.05) is 66.7 Å². The number of rotatable bonds is 6. The van der Waals surface area contributed by atoms with Crippen molar-refractivity contribution in [1.29, 1.82) is 0 Å². The Hall–Kier alpha value is -4.62. The first kappa shape index (κ1) is 24.1. The Morgan fingerprint density at radius 1 is 0.892 bits per heavy atom. The number of benzene rings is 4. The lowest BCUT2D eigenvalue weighted by Gasteiger charge is -2.10. The molecule has 0 bridgehead atoms. The van der Waals surface area contributed by atoms with Gasteiger partial charge in [0.15, 0.2) is 5.82 Å². The summed E-state index contributed by atoms with van der Waals surface area (Å²) >= 11 is 3.45. The monoisotopic (exact) mass is 549 g/mol. The zero-order valence-electron chi connectivity index (χ0n) is 19.5. The van der Waals surface area contributed by atoms with Crippen LogP contribution in [0.1, 0.15) is 11.1 Å². The number of carbonyl (C=O) groups excluding carboxylic acids is 1. The quantitative estimate of drug-likeness (QED) is 0.107. The Bertz CT molecular complexity index is 1690. The molecule has 0 unspecified atom stereocenters. The molecule has 7 heteroatoms. The van der Waals surface area contributed by atoms with Crippen LogP contribution in [0.2, 0.25) is 0 Å². The molecule has 5 aromatic rings. The van der Waals surface area contributed by atoms with E-state index in [1.54, 1.807) is 42.5 Å². The second-order valence-corrected chi connectivity index (χ2v) is 8.94. The number of ether oxygens (including phenoxy) is 1. The molecule has 0 radical (unpaired) electrons. The molecule has 180 valence electrons. The first-order valence-corrected chi connectivity index (χ1v) is 12.2.